The van der Waals surface area contributed by atoms with E-state index in [2.05, 4.69) is 79.6 Å². The minimum atomic E-state index is -4.27. The van der Waals surface area contributed by atoms with Crippen molar-refractivity contribution in [1.29, 1.82) is 0 Å². The number of aryl methyl sites for hydroxylation is 3. The first-order chi connectivity index (χ1) is 16.2. The van der Waals surface area contributed by atoms with E-state index in [1.165, 1.54) is 44.2 Å². The van der Waals surface area contributed by atoms with Gasteiger partial charge >= 0.3 is 0 Å². The summed E-state index contributed by atoms with van der Waals surface area (Å²) < 4.78 is 35.0. The van der Waals surface area contributed by atoms with E-state index in [1.54, 1.807) is 12.1 Å². The van der Waals surface area contributed by atoms with E-state index < -0.39 is 10.1 Å². The number of aromatic nitrogens is 1. The second-order valence-corrected chi connectivity index (χ2v) is 10.5. The molecular weight excluding hydrogens is 464 g/mol. The van der Waals surface area contributed by atoms with Crippen LogP contribution in [0.4, 0.5) is 5.69 Å². The predicted molar refractivity (Wildman–Crippen MR) is 141 cm³/mol. The highest BCUT2D eigenvalue weighted by Gasteiger charge is 2.20. The summed E-state index contributed by atoms with van der Waals surface area (Å²) in [5.41, 5.74) is 6.20. The Morgan fingerprint density at radius 1 is 0.853 bits per heavy atom. The Morgan fingerprint density at radius 2 is 1.44 bits per heavy atom. The SMILES string of the molecule is CCN(CC)c1ccc(-c2sc3cc(C)ccc3[n+]2CC)cc1.Cc1ccc(S(=O)(=O)[O-])cc1. The molecule has 1 heterocycles. The first-order valence-electron chi connectivity index (χ1n) is 11.5. The fraction of sp³-hybridized carbons (Fsp3) is 0.296. The average Bonchev–Trinajstić information content (AvgIpc) is 3.18. The molecule has 4 aromatic rings. The molecule has 0 spiro atoms. The zero-order valence-corrected chi connectivity index (χ0v) is 22.0. The van der Waals surface area contributed by atoms with Gasteiger partial charge in [-0.3, -0.25) is 0 Å². The Labute approximate surface area is 207 Å². The smallest absolute Gasteiger partial charge is 0.270 e. The molecule has 0 N–H and O–H groups in total. The monoisotopic (exact) mass is 496 g/mol. The van der Waals surface area contributed by atoms with Gasteiger partial charge in [-0.05, 0) is 82.6 Å². The van der Waals surface area contributed by atoms with Crippen LogP contribution in [0.3, 0.4) is 0 Å². The second kappa shape index (κ2) is 11.1. The van der Waals surface area contributed by atoms with Gasteiger partial charge in [-0.15, -0.1) is 0 Å². The summed E-state index contributed by atoms with van der Waals surface area (Å²) in [5, 5.41) is 1.35. The number of fused-ring (bicyclic) bond motifs is 1. The fourth-order valence-corrected chi connectivity index (χ4v) is 5.63. The average molecular weight is 497 g/mol. The van der Waals surface area contributed by atoms with E-state index in [9.17, 15) is 13.0 Å². The van der Waals surface area contributed by atoms with E-state index in [4.69, 9.17) is 0 Å². The molecule has 0 aliphatic heterocycles. The van der Waals surface area contributed by atoms with Crippen molar-refractivity contribution >= 4 is 37.4 Å². The van der Waals surface area contributed by atoms with Gasteiger partial charge in [-0.1, -0.05) is 35.1 Å². The van der Waals surface area contributed by atoms with Gasteiger partial charge < -0.3 is 9.45 Å². The summed E-state index contributed by atoms with van der Waals surface area (Å²) in [6.45, 7) is 13.7. The van der Waals surface area contributed by atoms with E-state index in [-0.39, 0.29) is 4.90 Å². The van der Waals surface area contributed by atoms with Crippen LogP contribution in [0.2, 0.25) is 0 Å². The maximum atomic E-state index is 10.4. The molecule has 5 nitrogen and oxygen atoms in total. The van der Waals surface area contributed by atoms with Gasteiger partial charge in [0.1, 0.15) is 21.4 Å². The lowest BCUT2D eigenvalue weighted by Gasteiger charge is -2.20. The molecule has 0 aliphatic rings. The van der Waals surface area contributed by atoms with E-state index >= 15 is 0 Å². The van der Waals surface area contributed by atoms with Crippen molar-refractivity contribution in [2.75, 3.05) is 18.0 Å². The van der Waals surface area contributed by atoms with Crippen LogP contribution in [0.5, 0.6) is 0 Å². The molecule has 0 aliphatic carbocycles. The summed E-state index contributed by atoms with van der Waals surface area (Å²) in [5.74, 6) is 0. The molecule has 7 heteroatoms. The maximum Gasteiger partial charge on any atom is 0.270 e. The Hall–Kier alpha value is -2.74. The number of nitrogens with zero attached hydrogens (tertiary/aromatic N) is 2. The maximum absolute atomic E-state index is 10.4. The molecule has 0 saturated heterocycles. The molecule has 0 fully saturated rings. The second-order valence-electron chi connectivity index (χ2n) is 8.11. The van der Waals surface area contributed by atoms with Crippen molar-refractivity contribution < 1.29 is 17.5 Å². The Bertz CT molecular complexity index is 1340. The van der Waals surface area contributed by atoms with Crippen LogP contribution in [-0.2, 0) is 16.7 Å². The fourth-order valence-electron chi connectivity index (χ4n) is 3.83. The Morgan fingerprint density at radius 3 is 1.97 bits per heavy atom. The molecule has 180 valence electrons. The largest absolute Gasteiger partial charge is 0.744 e. The van der Waals surface area contributed by atoms with Gasteiger partial charge in [0, 0.05) is 24.8 Å². The summed E-state index contributed by atoms with van der Waals surface area (Å²) >= 11 is 1.89. The van der Waals surface area contributed by atoms with Crippen molar-refractivity contribution in [3.63, 3.8) is 0 Å². The van der Waals surface area contributed by atoms with E-state index in [0.29, 0.717) is 0 Å². The number of rotatable bonds is 6. The minimum Gasteiger partial charge on any atom is -0.744 e. The molecule has 0 amide bonds. The first kappa shape index (κ1) is 25.9. The van der Waals surface area contributed by atoms with Gasteiger partial charge in [0.2, 0.25) is 5.52 Å². The topological polar surface area (TPSA) is 64.3 Å². The van der Waals surface area contributed by atoms with Gasteiger partial charge in [-0.25, -0.2) is 8.42 Å². The molecule has 0 bridgehead atoms. The lowest BCUT2D eigenvalue weighted by molar-refractivity contribution is -0.653. The normalized spacial score (nSPS) is 11.2. The minimum absolute atomic E-state index is 0.178. The molecule has 0 radical (unpaired) electrons. The Kier molecular flexibility index (Phi) is 8.47. The quantitative estimate of drug-likeness (QED) is 0.245. The van der Waals surface area contributed by atoms with Crippen molar-refractivity contribution in [1.82, 2.24) is 0 Å². The first-order valence-corrected chi connectivity index (χ1v) is 13.7. The van der Waals surface area contributed by atoms with Crippen molar-refractivity contribution in [2.24, 2.45) is 0 Å². The standard InChI is InChI=1S/C20H25N2S.C7H8O3S/c1-5-21(6-2)17-11-9-16(10-12-17)20-22(7-3)18-13-8-15(4)14-19(18)23-20;1-6-2-4-7(5-3-6)11(8,9)10/h8-14H,5-7H2,1-4H3;2-5H,1H3,(H,8,9,10)/q+1;/p-1. The lowest BCUT2D eigenvalue weighted by Crippen LogP contribution is -2.32. The van der Waals surface area contributed by atoms with Gasteiger partial charge in [-0.2, -0.15) is 4.57 Å². The third-order valence-corrected chi connectivity index (χ3v) is 7.77. The highest BCUT2D eigenvalue weighted by Crippen LogP contribution is 2.30. The molecule has 0 saturated carbocycles. The highest BCUT2D eigenvalue weighted by molar-refractivity contribution is 7.85. The summed E-state index contributed by atoms with van der Waals surface area (Å²) in [7, 11) is -4.27. The molecular formula is C27H32N2O3S2. The van der Waals surface area contributed by atoms with Gasteiger partial charge in [0.15, 0.2) is 0 Å². The van der Waals surface area contributed by atoms with Gasteiger partial charge in [0.25, 0.3) is 5.01 Å². The zero-order chi connectivity index (χ0) is 24.9. The predicted octanol–water partition coefficient (Wildman–Crippen LogP) is 5.93. The third-order valence-electron chi connectivity index (χ3n) is 5.73. The number of thiazole rings is 1. The summed E-state index contributed by atoms with van der Waals surface area (Å²) in [6, 6.07) is 21.5. The highest BCUT2D eigenvalue weighted by atomic mass is 32.2. The number of hydrogen-bond donors (Lipinski definition) is 0. The molecule has 1 aromatic heterocycles. The summed E-state index contributed by atoms with van der Waals surface area (Å²) in [4.78, 5) is 2.20. The van der Waals surface area contributed by atoms with Crippen LogP contribution < -0.4 is 9.47 Å². The van der Waals surface area contributed by atoms with Crippen molar-refractivity contribution in [3.8, 4) is 10.6 Å². The molecule has 0 atom stereocenters. The number of benzene rings is 3. The van der Waals surface area contributed by atoms with Crippen molar-refractivity contribution in [3.05, 3.63) is 77.9 Å². The molecule has 34 heavy (non-hydrogen) atoms. The van der Waals surface area contributed by atoms with Crippen LogP contribution >= 0.6 is 11.3 Å². The van der Waals surface area contributed by atoms with Gasteiger partial charge in [0.05, 0.1) is 10.5 Å². The molecule has 0 unspecified atom stereocenters. The van der Waals surface area contributed by atoms with Crippen LogP contribution in [-0.4, -0.2) is 26.1 Å². The van der Waals surface area contributed by atoms with E-state index in [0.717, 1.165) is 25.2 Å². The Balaban J connectivity index is 0.000000248. The van der Waals surface area contributed by atoms with Crippen LogP contribution in [0.15, 0.2) is 71.6 Å². The number of hydrogen-bond acceptors (Lipinski definition) is 5. The van der Waals surface area contributed by atoms with Crippen LogP contribution in [0, 0.1) is 13.8 Å². The van der Waals surface area contributed by atoms with Crippen molar-refractivity contribution in [2.45, 2.75) is 46.1 Å². The van der Waals surface area contributed by atoms with E-state index in [1.807, 2.05) is 18.3 Å². The molecule has 4 rings (SSSR count). The zero-order valence-electron chi connectivity index (χ0n) is 20.4. The lowest BCUT2D eigenvalue weighted by atomic mass is 10.2. The molecule has 3 aromatic carbocycles. The van der Waals surface area contributed by atoms with Crippen LogP contribution in [0.1, 0.15) is 31.9 Å². The summed E-state index contributed by atoms with van der Waals surface area (Å²) in [6.07, 6.45) is 0. The number of anilines is 1. The third kappa shape index (κ3) is 6.03. The van der Waals surface area contributed by atoms with Crippen LogP contribution in [0.25, 0.3) is 20.8 Å².